The van der Waals surface area contributed by atoms with Crippen molar-refractivity contribution in [2.45, 2.75) is 45.6 Å². The molecule has 1 fully saturated rings. The molecule has 19 heavy (non-hydrogen) atoms. The number of hydrogen-bond donors (Lipinski definition) is 1. The Balaban J connectivity index is 1.79. The van der Waals surface area contributed by atoms with E-state index in [9.17, 15) is 0 Å². The van der Waals surface area contributed by atoms with Gasteiger partial charge in [-0.15, -0.1) is 0 Å². The zero-order valence-electron chi connectivity index (χ0n) is 11.9. The highest BCUT2D eigenvalue weighted by atomic mass is 14.9. The van der Waals surface area contributed by atoms with Gasteiger partial charge in [-0.05, 0) is 42.6 Å². The number of benzene rings is 2. The van der Waals surface area contributed by atoms with Gasteiger partial charge in [0, 0.05) is 17.1 Å². The van der Waals surface area contributed by atoms with Gasteiger partial charge in [-0.3, -0.25) is 0 Å². The molecule has 1 N–H and O–H groups in total. The van der Waals surface area contributed by atoms with E-state index in [4.69, 9.17) is 0 Å². The summed E-state index contributed by atoms with van der Waals surface area (Å²) in [5.41, 5.74) is 1.83. The normalized spacial score (nSPS) is 19.5. The van der Waals surface area contributed by atoms with Crippen LogP contribution in [-0.4, -0.2) is 6.04 Å². The molecule has 0 radical (unpaired) electrons. The molecule has 0 unspecified atom stereocenters. The van der Waals surface area contributed by atoms with Crippen molar-refractivity contribution in [1.82, 2.24) is 0 Å². The van der Waals surface area contributed by atoms with Crippen LogP contribution in [0, 0.1) is 5.41 Å². The monoisotopic (exact) mass is 253 g/mol. The quantitative estimate of drug-likeness (QED) is 0.773. The van der Waals surface area contributed by atoms with Crippen LogP contribution in [0.3, 0.4) is 0 Å². The third kappa shape index (κ3) is 2.75. The van der Waals surface area contributed by atoms with Gasteiger partial charge < -0.3 is 5.32 Å². The first-order chi connectivity index (χ1) is 9.14. The summed E-state index contributed by atoms with van der Waals surface area (Å²) in [5.74, 6) is 0. The van der Waals surface area contributed by atoms with Gasteiger partial charge >= 0.3 is 0 Å². The van der Waals surface area contributed by atoms with Crippen LogP contribution in [-0.2, 0) is 0 Å². The third-order valence-corrected chi connectivity index (χ3v) is 4.49. The first kappa shape index (κ1) is 12.5. The van der Waals surface area contributed by atoms with Crippen LogP contribution in [0.5, 0.6) is 0 Å². The molecular formula is C18H23N. The lowest BCUT2D eigenvalue weighted by Crippen LogP contribution is -2.29. The standard InChI is InChI=1S/C18H23N/c1-18(2)12-10-15(11-13-18)19-17-9-5-7-14-6-3-4-8-16(14)17/h3-9,15,19H,10-13H2,1-2H3. The molecule has 0 bridgehead atoms. The highest BCUT2D eigenvalue weighted by Gasteiger charge is 2.26. The molecular weight excluding hydrogens is 230 g/mol. The zero-order chi connectivity index (χ0) is 13.3. The molecule has 0 aliphatic heterocycles. The van der Waals surface area contributed by atoms with E-state index in [0.29, 0.717) is 11.5 Å². The predicted octanol–water partition coefficient (Wildman–Crippen LogP) is 5.22. The van der Waals surface area contributed by atoms with E-state index in [1.807, 2.05) is 0 Å². The molecule has 1 saturated carbocycles. The highest BCUT2D eigenvalue weighted by molar-refractivity contribution is 5.93. The van der Waals surface area contributed by atoms with E-state index in [1.165, 1.54) is 42.1 Å². The summed E-state index contributed by atoms with van der Waals surface area (Å²) in [6, 6.07) is 15.8. The van der Waals surface area contributed by atoms with E-state index < -0.39 is 0 Å². The fourth-order valence-electron chi connectivity index (χ4n) is 3.11. The van der Waals surface area contributed by atoms with Crippen LogP contribution in [0.4, 0.5) is 5.69 Å². The van der Waals surface area contributed by atoms with E-state index in [-0.39, 0.29) is 0 Å². The topological polar surface area (TPSA) is 12.0 Å². The average Bonchev–Trinajstić information content (AvgIpc) is 2.42. The molecule has 0 heterocycles. The predicted molar refractivity (Wildman–Crippen MR) is 83.6 cm³/mol. The molecule has 3 rings (SSSR count). The highest BCUT2D eigenvalue weighted by Crippen LogP contribution is 2.36. The molecule has 2 aromatic rings. The Morgan fingerprint density at radius 2 is 1.63 bits per heavy atom. The van der Waals surface area contributed by atoms with Crippen molar-refractivity contribution in [3.8, 4) is 0 Å². The molecule has 0 atom stereocenters. The Kier molecular flexibility index (Phi) is 3.22. The molecule has 0 aromatic heterocycles. The minimum absolute atomic E-state index is 0.539. The SMILES string of the molecule is CC1(C)CCC(Nc2cccc3ccccc23)CC1. The van der Waals surface area contributed by atoms with Gasteiger partial charge in [0.25, 0.3) is 0 Å². The smallest absolute Gasteiger partial charge is 0.0422 e. The Morgan fingerprint density at radius 1 is 0.947 bits per heavy atom. The number of hydrogen-bond acceptors (Lipinski definition) is 1. The van der Waals surface area contributed by atoms with E-state index in [2.05, 4.69) is 61.6 Å². The minimum Gasteiger partial charge on any atom is -0.382 e. The van der Waals surface area contributed by atoms with Gasteiger partial charge in [-0.25, -0.2) is 0 Å². The Morgan fingerprint density at radius 3 is 2.42 bits per heavy atom. The van der Waals surface area contributed by atoms with Crippen LogP contribution in [0.2, 0.25) is 0 Å². The molecule has 100 valence electrons. The summed E-state index contributed by atoms with van der Waals surface area (Å²) in [7, 11) is 0. The average molecular weight is 253 g/mol. The summed E-state index contributed by atoms with van der Waals surface area (Å²) in [4.78, 5) is 0. The lowest BCUT2D eigenvalue weighted by atomic mass is 9.75. The fraction of sp³-hybridized carbons (Fsp3) is 0.444. The second-order valence-electron chi connectivity index (χ2n) is 6.61. The fourth-order valence-corrected chi connectivity index (χ4v) is 3.11. The number of rotatable bonds is 2. The van der Waals surface area contributed by atoms with Crippen LogP contribution < -0.4 is 5.32 Å². The minimum atomic E-state index is 0.539. The summed E-state index contributed by atoms with van der Waals surface area (Å²) in [5, 5.41) is 6.43. The van der Waals surface area contributed by atoms with Crippen LogP contribution in [0.15, 0.2) is 42.5 Å². The van der Waals surface area contributed by atoms with Gasteiger partial charge in [-0.2, -0.15) is 0 Å². The van der Waals surface area contributed by atoms with Crippen molar-refractivity contribution in [2.24, 2.45) is 5.41 Å². The second-order valence-corrected chi connectivity index (χ2v) is 6.61. The maximum atomic E-state index is 3.76. The van der Waals surface area contributed by atoms with Crippen molar-refractivity contribution in [3.63, 3.8) is 0 Å². The first-order valence-corrected chi connectivity index (χ1v) is 7.38. The summed E-state index contributed by atoms with van der Waals surface area (Å²) in [6.45, 7) is 4.78. The number of fused-ring (bicyclic) bond motifs is 1. The Bertz CT molecular complexity index is 555. The molecule has 0 amide bonds. The zero-order valence-corrected chi connectivity index (χ0v) is 11.9. The Labute approximate surface area is 116 Å². The number of nitrogens with one attached hydrogen (secondary N) is 1. The molecule has 1 aliphatic rings. The van der Waals surface area contributed by atoms with Crippen LogP contribution in [0.1, 0.15) is 39.5 Å². The lowest BCUT2D eigenvalue weighted by Gasteiger charge is -2.35. The maximum absolute atomic E-state index is 3.76. The van der Waals surface area contributed by atoms with Crippen LogP contribution in [0.25, 0.3) is 10.8 Å². The van der Waals surface area contributed by atoms with Crippen LogP contribution >= 0.6 is 0 Å². The number of anilines is 1. The molecule has 1 nitrogen and oxygen atoms in total. The molecule has 1 aliphatic carbocycles. The van der Waals surface area contributed by atoms with Crippen molar-refractivity contribution in [3.05, 3.63) is 42.5 Å². The largest absolute Gasteiger partial charge is 0.382 e. The van der Waals surface area contributed by atoms with Gasteiger partial charge in [0.05, 0.1) is 0 Å². The second kappa shape index (κ2) is 4.88. The van der Waals surface area contributed by atoms with Gasteiger partial charge in [-0.1, -0.05) is 50.2 Å². The van der Waals surface area contributed by atoms with E-state index in [1.54, 1.807) is 0 Å². The summed E-state index contributed by atoms with van der Waals surface area (Å²) < 4.78 is 0. The summed E-state index contributed by atoms with van der Waals surface area (Å²) in [6.07, 6.45) is 5.23. The summed E-state index contributed by atoms with van der Waals surface area (Å²) >= 11 is 0. The maximum Gasteiger partial charge on any atom is 0.0422 e. The van der Waals surface area contributed by atoms with Gasteiger partial charge in [0.15, 0.2) is 0 Å². The van der Waals surface area contributed by atoms with Crippen molar-refractivity contribution < 1.29 is 0 Å². The van der Waals surface area contributed by atoms with Gasteiger partial charge in [0.2, 0.25) is 0 Å². The van der Waals surface area contributed by atoms with Gasteiger partial charge in [0.1, 0.15) is 0 Å². The first-order valence-electron chi connectivity index (χ1n) is 7.38. The van der Waals surface area contributed by atoms with Crippen molar-refractivity contribution in [1.29, 1.82) is 0 Å². The molecule has 0 spiro atoms. The van der Waals surface area contributed by atoms with Crippen molar-refractivity contribution >= 4 is 16.5 Å². The molecule has 0 saturated heterocycles. The lowest BCUT2D eigenvalue weighted by molar-refractivity contribution is 0.232. The van der Waals surface area contributed by atoms with Crippen molar-refractivity contribution in [2.75, 3.05) is 5.32 Å². The van der Waals surface area contributed by atoms with E-state index in [0.717, 1.165) is 0 Å². The van der Waals surface area contributed by atoms with E-state index >= 15 is 0 Å². The molecule has 2 aromatic carbocycles. The Hall–Kier alpha value is -1.50. The third-order valence-electron chi connectivity index (χ3n) is 4.49. The molecule has 1 heteroatoms.